The van der Waals surface area contributed by atoms with Gasteiger partial charge in [-0.3, -0.25) is 4.79 Å². The fourth-order valence-electron chi connectivity index (χ4n) is 1.52. The topological polar surface area (TPSA) is 65.8 Å². The molecule has 1 aromatic heterocycles. The highest BCUT2D eigenvalue weighted by Gasteiger charge is 2.25. The molecule has 1 aliphatic rings. The molecule has 2 rings (SSSR count). The second kappa shape index (κ2) is 3.20. The van der Waals surface area contributed by atoms with Crippen LogP contribution in [0.5, 0.6) is 0 Å². The zero-order chi connectivity index (χ0) is 9.26. The Balaban J connectivity index is 2.46. The van der Waals surface area contributed by atoms with Crippen LogP contribution in [0.25, 0.3) is 10.4 Å². The van der Waals surface area contributed by atoms with Crippen LogP contribution in [-0.4, -0.2) is 5.78 Å². The number of rotatable bonds is 1. The van der Waals surface area contributed by atoms with Crippen LogP contribution in [0.4, 0.5) is 0 Å². The number of hydrogen-bond donors (Lipinski definition) is 0. The summed E-state index contributed by atoms with van der Waals surface area (Å²) in [6.07, 6.45) is 1.14. The van der Waals surface area contributed by atoms with Gasteiger partial charge in [-0.1, -0.05) is 5.11 Å². The molecule has 13 heavy (non-hydrogen) atoms. The summed E-state index contributed by atoms with van der Waals surface area (Å²) in [6.45, 7) is 0. The number of carbonyl (C=O) groups excluding carboxylic acids is 1. The van der Waals surface area contributed by atoms with Crippen molar-refractivity contribution in [1.29, 1.82) is 0 Å². The Hall–Kier alpha value is -1.32. The summed E-state index contributed by atoms with van der Waals surface area (Å²) in [5.41, 5.74) is 9.07. The Kier molecular flexibility index (Phi) is 2.04. The van der Waals surface area contributed by atoms with Gasteiger partial charge in [-0.2, -0.15) is 0 Å². The third kappa shape index (κ3) is 1.32. The Morgan fingerprint density at radius 1 is 1.69 bits per heavy atom. The predicted molar refractivity (Wildman–Crippen MR) is 49.8 cm³/mol. The first-order valence-electron chi connectivity index (χ1n) is 3.97. The second-order valence-corrected chi connectivity index (χ2v) is 3.83. The third-order valence-corrected chi connectivity index (χ3v) is 3.15. The molecule has 66 valence electrons. The molecule has 5 heteroatoms. The zero-order valence-electron chi connectivity index (χ0n) is 6.80. The zero-order valence-corrected chi connectivity index (χ0v) is 7.62. The highest BCUT2D eigenvalue weighted by molar-refractivity contribution is 7.10. The summed E-state index contributed by atoms with van der Waals surface area (Å²) < 4.78 is 0. The van der Waals surface area contributed by atoms with E-state index in [0.29, 0.717) is 12.8 Å². The number of thiophene rings is 1. The Morgan fingerprint density at radius 3 is 3.31 bits per heavy atom. The van der Waals surface area contributed by atoms with Crippen LogP contribution >= 0.6 is 11.3 Å². The number of fused-ring (bicyclic) bond motifs is 1. The van der Waals surface area contributed by atoms with E-state index in [-0.39, 0.29) is 11.8 Å². The van der Waals surface area contributed by atoms with Gasteiger partial charge < -0.3 is 0 Å². The van der Waals surface area contributed by atoms with E-state index in [1.54, 1.807) is 6.07 Å². The van der Waals surface area contributed by atoms with Crippen molar-refractivity contribution in [1.82, 2.24) is 0 Å². The van der Waals surface area contributed by atoms with E-state index in [1.165, 1.54) is 11.3 Å². The molecule has 0 saturated heterocycles. The first-order chi connectivity index (χ1) is 6.33. The van der Waals surface area contributed by atoms with Crippen molar-refractivity contribution in [2.45, 2.75) is 18.9 Å². The first-order valence-corrected chi connectivity index (χ1v) is 4.85. The van der Waals surface area contributed by atoms with Crippen molar-refractivity contribution in [3.63, 3.8) is 0 Å². The average Bonchev–Trinajstić information content (AvgIpc) is 2.59. The second-order valence-electron chi connectivity index (χ2n) is 2.88. The number of ketones is 1. The van der Waals surface area contributed by atoms with Crippen LogP contribution in [0.15, 0.2) is 16.6 Å². The lowest BCUT2D eigenvalue weighted by atomic mass is 9.94. The van der Waals surface area contributed by atoms with Gasteiger partial charge in [0.05, 0.1) is 6.04 Å². The van der Waals surface area contributed by atoms with Crippen LogP contribution in [0.2, 0.25) is 0 Å². The van der Waals surface area contributed by atoms with Crippen molar-refractivity contribution in [3.05, 3.63) is 32.3 Å². The summed E-state index contributed by atoms with van der Waals surface area (Å²) in [4.78, 5) is 15.1. The van der Waals surface area contributed by atoms with Crippen LogP contribution < -0.4 is 0 Å². The normalized spacial score (nSPS) is 20.6. The minimum atomic E-state index is -0.127. The van der Waals surface area contributed by atoms with E-state index in [9.17, 15) is 4.79 Å². The van der Waals surface area contributed by atoms with Gasteiger partial charge in [0.2, 0.25) is 0 Å². The lowest BCUT2D eigenvalue weighted by molar-refractivity contribution is 0.0968. The molecule has 1 aromatic rings. The molecule has 0 radical (unpaired) electrons. The molecular weight excluding hydrogens is 186 g/mol. The van der Waals surface area contributed by atoms with Crippen LogP contribution in [0, 0.1) is 0 Å². The lowest BCUT2D eigenvalue weighted by Crippen LogP contribution is -2.11. The summed E-state index contributed by atoms with van der Waals surface area (Å²) in [7, 11) is 0. The molecule has 0 saturated carbocycles. The van der Waals surface area contributed by atoms with Gasteiger partial charge in [0, 0.05) is 21.8 Å². The molecule has 0 aliphatic heterocycles. The summed E-state index contributed by atoms with van der Waals surface area (Å²) >= 11 is 1.49. The summed E-state index contributed by atoms with van der Waals surface area (Å²) in [5, 5.41) is 5.54. The maximum atomic E-state index is 11.4. The fraction of sp³-hybridized carbons (Fsp3) is 0.375. The molecule has 1 atom stereocenters. The van der Waals surface area contributed by atoms with Crippen molar-refractivity contribution in [2.75, 3.05) is 0 Å². The molecule has 1 aliphatic carbocycles. The fourth-order valence-corrected chi connectivity index (χ4v) is 2.50. The predicted octanol–water partition coefficient (Wildman–Crippen LogP) is 3.08. The Bertz CT molecular complexity index is 392. The van der Waals surface area contributed by atoms with Crippen molar-refractivity contribution in [3.8, 4) is 0 Å². The Labute approximate surface area is 78.8 Å². The quantitative estimate of drug-likeness (QED) is 0.384. The van der Waals surface area contributed by atoms with Gasteiger partial charge in [-0.25, -0.2) is 0 Å². The van der Waals surface area contributed by atoms with Gasteiger partial charge in [0.1, 0.15) is 0 Å². The van der Waals surface area contributed by atoms with Gasteiger partial charge >= 0.3 is 0 Å². The monoisotopic (exact) mass is 193 g/mol. The highest BCUT2D eigenvalue weighted by atomic mass is 32.1. The van der Waals surface area contributed by atoms with Crippen molar-refractivity contribution in [2.24, 2.45) is 5.11 Å². The summed E-state index contributed by atoms with van der Waals surface area (Å²) in [6, 6.07) is 1.68. The number of Topliss-reactive ketones (excluding diaryl/α,β-unsaturated/α-hetero) is 1. The molecule has 0 unspecified atom stereocenters. The average molecular weight is 193 g/mol. The standard InChI is InChI=1S/C8H7N3OS/c9-11-10-6-1-2-7(12)5-3-4-13-8(5)6/h3-4,6H,1-2H2/t6-/m1/s1. The highest BCUT2D eigenvalue weighted by Crippen LogP contribution is 2.36. The molecule has 0 N–H and O–H groups in total. The molecule has 4 nitrogen and oxygen atoms in total. The molecule has 0 amide bonds. The van der Waals surface area contributed by atoms with Gasteiger partial charge in [-0.15, -0.1) is 11.3 Å². The van der Waals surface area contributed by atoms with E-state index >= 15 is 0 Å². The third-order valence-electron chi connectivity index (χ3n) is 2.13. The van der Waals surface area contributed by atoms with E-state index in [2.05, 4.69) is 10.0 Å². The molecule has 0 bridgehead atoms. The molecule has 0 aromatic carbocycles. The first kappa shape index (κ1) is 8.29. The molecule has 0 fully saturated rings. The maximum absolute atomic E-state index is 11.4. The number of carbonyl (C=O) groups is 1. The molecule has 1 heterocycles. The smallest absolute Gasteiger partial charge is 0.164 e. The number of nitrogens with zero attached hydrogens (tertiary/aromatic N) is 3. The maximum Gasteiger partial charge on any atom is 0.164 e. The van der Waals surface area contributed by atoms with E-state index in [0.717, 1.165) is 10.4 Å². The van der Waals surface area contributed by atoms with Gasteiger partial charge in [0.15, 0.2) is 5.78 Å². The molecular formula is C8H7N3OS. The molecule has 0 spiro atoms. The van der Waals surface area contributed by atoms with E-state index in [1.807, 2.05) is 5.38 Å². The van der Waals surface area contributed by atoms with Gasteiger partial charge in [0.25, 0.3) is 0 Å². The Morgan fingerprint density at radius 2 is 2.54 bits per heavy atom. The van der Waals surface area contributed by atoms with Crippen LogP contribution in [0.3, 0.4) is 0 Å². The van der Waals surface area contributed by atoms with E-state index in [4.69, 9.17) is 5.53 Å². The largest absolute Gasteiger partial charge is 0.294 e. The van der Waals surface area contributed by atoms with Crippen molar-refractivity contribution < 1.29 is 4.79 Å². The van der Waals surface area contributed by atoms with Crippen LogP contribution in [-0.2, 0) is 0 Å². The van der Waals surface area contributed by atoms with Crippen LogP contribution in [0.1, 0.15) is 34.1 Å². The number of azide groups is 1. The van der Waals surface area contributed by atoms with Crippen molar-refractivity contribution >= 4 is 17.1 Å². The minimum absolute atomic E-state index is 0.127. The lowest BCUT2D eigenvalue weighted by Gasteiger charge is -2.16. The van der Waals surface area contributed by atoms with Gasteiger partial charge in [-0.05, 0) is 23.4 Å². The SMILES string of the molecule is [N-]=[N+]=N[C@@H]1CCC(=O)c2ccsc21. The minimum Gasteiger partial charge on any atom is -0.294 e. The summed E-state index contributed by atoms with van der Waals surface area (Å²) in [5.74, 6) is 0.167. The van der Waals surface area contributed by atoms with E-state index < -0.39 is 0 Å². The number of hydrogen-bond acceptors (Lipinski definition) is 3.